The molecule has 12 heavy (non-hydrogen) atoms. The summed E-state index contributed by atoms with van der Waals surface area (Å²) in [5.41, 5.74) is 1.42. The van der Waals surface area contributed by atoms with Crippen molar-refractivity contribution in [2.75, 3.05) is 13.7 Å². The predicted molar refractivity (Wildman–Crippen MR) is 54.3 cm³/mol. The maximum Gasteiger partial charge on any atom is 0.0464 e. The molecule has 0 saturated carbocycles. The first-order valence-electron chi connectivity index (χ1n) is 4.79. The molecule has 0 radical (unpaired) electrons. The van der Waals surface area contributed by atoms with Crippen LogP contribution in [0.1, 0.15) is 40.0 Å². The molecule has 0 aromatic rings. The van der Waals surface area contributed by atoms with Crippen LogP contribution in [0.4, 0.5) is 0 Å². The second-order valence-electron chi connectivity index (χ2n) is 3.75. The van der Waals surface area contributed by atoms with Gasteiger partial charge in [-0.05, 0) is 39.0 Å². The Labute approximate surface area is 76.8 Å². The van der Waals surface area contributed by atoms with Crippen LogP contribution in [0.25, 0.3) is 0 Å². The van der Waals surface area contributed by atoms with Crippen LogP contribution in [-0.4, -0.2) is 13.7 Å². The minimum Gasteiger partial charge on any atom is -0.385 e. The molecule has 0 rings (SSSR count). The molecular formula is C11H22O. The molecule has 0 saturated heterocycles. The van der Waals surface area contributed by atoms with Crippen LogP contribution in [0.3, 0.4) is 0 Å². The smallest absolute Gasteiger partial charge is 0.0464 e. The predicted octanol–water partition coefficient (Wildman–Crippen LogP) is 3.41. The Morgan fingerprint density at radius 3 is 2.50 bits per heavy atom. The van der Waals surface area contributed by atoms with E-state index in [2.05, 4.69) is 26.8 Å². The van der Waals surface area contributed by atoms with Gasteiger partial charge in [0.15, 0.2) is 0 Å². The zero-order valence-corrected chi connectivity index (χ0v) is 8.89. The molecule has 0 unspecified atom stereocenters. The average Bonchev–Trinajstić information content (AvgIpc) is 2.00. The van der Waals surface area contributed by atoms with Crippen molar-refractivity contribution < 1.29 is 4.74 Å². The van der Waals surface area contributed by atoms with E-state index in [-0.39, 0.29) is 0 Å². The lowest BCUT2D eigenvalue weighted by atomic mass is 10.0. The van der Waals surface area contributed by atoms with E-state index < -0.39 is 0 Å². The third kappa shape index (κ3) is 7.80. The molecule has 0 aliphatic carbocycles. The number of rotatable bonds is 6. The van der Waals surface area contributed by atoms with Gasteiger partial charge < -0.3 is 4.74 Å². The molecule has 0 bridgehead atoms. The van der Waals surface area contributed by atoms with Gasteiger partial charge in [-0.25, -0.2) is 0 Å². The molecule has 1 nitrogen and oxygen atoms in total. The average molecular weight is 170 g/mol. The standard InChI is InChI=1S/C11H22O/c1-10(2)6-5-7-11(3)8-9-12-4/h6,11H,5,7-9H2,1-4H3/t11-/m0/s1. The molecular weight excluding hydrogens is 148 g/mol. The van der Waals surface area contributed by atoms with E-state index in [9.17, 15) is 0 Å². The lowest BCUT2D eigenvalue weighted by molar-refractivity contribution is 0.178. The molecule has 0 aliphatic heterocycles. The van der Waals surface area contributed by atoms with Crippen molar-refractivity contribution in [2.24, 2.45) is 5.92 Å². The van der Waals surface area contributed by atoms with Crippen molar-refractivity contribution >= 4 is 0 Å². The summed E-state index contributed by atoms with van der Waals surface area (Å²) in [6, 6.07) is 0. The Balaban J connectivity index is 3.31. The van der Waals surface area contributed by atoms with Gasteiger partial charge in [0.2, 0.25) is 0 Å². The van der Waals surface area contributed by atoms with Gasteiger partial charge >= 0.3 is 0 Å². The first-order chi connectivity index (χ1) is 5.66. The Bertz CT molecular complexity index is 123. The van der Waals surface area contributed by atoms with E-state index in [1.165, 1.54) is 24.8 Å². The maximum atomic E-state index is 5.02. The third-order valence-electron chi connectivity index (χ3n) is 2.03. The first-order valence-corrected chi connectivity index (χ1v) is 4.79. The van der Waals surface area contributed by atoms with Crippen LogP contribution in [0, 0.1) is 5.92 Å². The summed E-state index contributed by atoms with van der Waals surface area (Å²) in [7, 11) is 1.77. The Kier molecular flexibility index (Phi) is 7.17. The molecule has 0 amide bonds. The van der Waals surface area contributed by atoms with Gasteiger partial charge in [0.05, 0.1) is 0 Å². The first kappa shape index (κ1) is 11.7. The van der Waals surface area contributed by atoms with Crippen LogP contribution in [-0.2, 0) is 4.74 Å². The summed E-state index contributed by atoms with van der Waals surface area (Å²) in [5.74, 6) is 0.792. The summed E-state index contributed by atoms with van der Waals surface area (Å²) in [6.45, 7) is 7.49. The molecule has 0 aliphatic rings. The highest BCUT2D eigenvalue weighted by Crippen LogP contribution is 2.11. The van der Waals surface area contributed by atoms with Crippen molar-refractivity contribution in [2.45, 2.75) is 40.0 Å². The zero-order chi connectivity index (χ0) is 9.40. The Morgan fingerprint density at radius 1 is 1.33 bits per heavy atom. The lowest BCUT2D eigenvalue weighted by Gasteiger charge is -2.08. The molecule has 0 aromatic carbocycles. The number of ether oxygens (including phenoxy) is 1. The lowest BCUT2D eigenvalue weighted by Crippen LogP contribution is -1.99. The summed E-state index contributed by atoms with van der Waals surface area (Å²) in [6.07, 6.45) is 6.00. The van der Waals surface area contributed by atoms with E-state index in [0.717, 1.165) is 12.5 Å². The topological polar surface area (TPSA) is 9.23 Å². The fourth-order valence-electron chi connectivity index (χ4n) is 1.12. The number of hydrogen-bond acceptors (Lipinski definition) is 1. The highest BCUT2D eigenvalue weighted by atomic mass is 16.5. The summed E-state index contributed by atoms with van der Waals surface area (Å²) in [4.78, 5) is 0. The molecule has 72 valence electrons. The molecule has 0 aromatic heterocycles. The Morgan fingerprint density at radius 2 is 2.00 bits per heavy atom. The zero-order valence-electron chi connectivity index (χ0n) is 8.89. The van der Waals surface area contributed by atoms with Crippen LogP contribution >= 0.6 is 0 Å². The Hall–Kier alpha value is -0.300. The molecule has 0 spiro atoms. The molecule has 0 N–H and O–H groups in total. The monoisotopic (exact) mass is 170 g/mol. The van der Waals surface area contributed by atoms with Crippen LogP contribution < -0.4 is 0 Å². The molecule has 1 heteroatoms. The van der Waals surface area contributed by atoms with Gasteiger partial charge in [-0.15, -0.1) is 0 Å². The highest BCUT2D eigenvalue weighted by molar-refractivity contribution is 4.92. The van der Waals surface area contributed by atoms with Crippen LogP contribution in [0.2, 0.25) is 0 Å². The summed E-state index contributed by atoms with van der Waals surface area (Å²) < 4.78 is 5.02. The quantitative estimate of drug-likeness (QED) is 0.555. The van der Waals surface area contributed by atoms with Crippen LogP contribution in [0.15, 0.2) is 11.6 Å². The third-order valence-corrected chi connectivity index (χ3v) is 2.03. The number of hydrogen-bond donors (Lipinski definition) is 0. The van der Waals surface area contributed by atoms with Gasteiger partial charge in [0.25, 0.3) is 0 Å². The van der Waals surface area contributed by atoms with Crippen molar-refractivity contribution in [3.63, 3.8) is 0 Å². The highest BCUT2D eigenvalue weighted by Gasteiger charge is 1.99. The van der Waals surface area contributed by atoms with E-state index in [4.69, 9.17) is 4.74 Å². The van der Waals surface area contributed by atoms with Crippen molar-refractivity contribution in [3.8, 4) is 0 Å². The number of allylic oxidation sites excluding steroid dienone is 2. The second kappa shape index (κ2) is 7.35. The van der Waals surface area contributed by atoms with Crippen molar-refractivity contribution in [1.29, 1.82) is 0 Å². The van der Waals surface area contributed by atoms with E-state index >= 15 is 0 Å². The van der Waals surface area contributed by atoms with Gasteiger partial charge in [0.1, 0.15) is 0 Å². The SMILES string of the molecule is COCC[C@@H](C)CCC=C(C)C. The molecule has 1 atom stereocenters. The van der Waals surface area contributed by atoms with Gasteiger partial charge in [-0.2, -0.15) is 0 Å². The normalized spacial score (nSPS) is 12.7. The summed E-state index contributed by atoms with van der Waals surface area (Å²) in [5, 5.41) is 0. The van der Waals surface area contributed by atoms with Crippen molar-refractivity contribution in [3.05, 3.63) is 11.6 Å². The largest absolute Gasteiger partial charge is 0.385 e. The minimum absolute atomic E-state index is 0.792. The van der Waals surface area contributed by atoms with Crippen molar-refractivity contribution in [1.82, 2.24) is 0 Å². The fraction of sp³-hybridized carbons (Fsp3) is 0.818. The molecule has 0 heterocycles. The minimum atomic E-state index is 0.792. The van der Waals surface area contributed by atoms with Gasteiger partial charge in [-0.3, -0.25) is 0 Å². The van der Waals surface area contributed by atoms with E-state index in [1.807, 2.05) is 0 Å². The van der Waals surface area contributed by atoms with E-state index in [1.54, 1.807) is 7.11 Å². The van der Waals surface area contributed by atoms with Crippen LogP contribution in [0.5, 0.6) is 0 Å². The molecule has 0 fully saturated rings. The van der Waals surface area contributed by atoms with Gasteiger partial charge in [0, 0.05) is 13.7 Å². The summed E-state index contributed by atoms with van der Waals surface area (Å²) >= 11 is 0. The van der Waals surface area contributed by atoms with E-state index in [0.29, 0.717) is 0 Å². The number of methoxy groups -OCH3 is 1. The maximum absolute atomic E-state index is 5.02. The fourth-order valence-corrected chi connectivity index (χ4v) is 1.12. The second-order valence-corrected chi connectivity index (χ2v) is 3.75. The van der Waals surface area contributed by atoms with Gasteiger partial charge in [-0.1, -0.05) is 18.6 Å².